The van der Waals surface area contributed by atoms with Gasteiger partial charge < -0.3 is 15.8 Å². The monoisotopic (exact) mass is 234 g/mol. The molecule has 1 fully saturated rings. The van der Waals surface area contributed by atoms with E-state index in [1.165, 1.54) is 12.8 Å². The highest BCUT2D eigenvalue weighted by molar-refractivity contribution is 6.02. The summed E-state index contributed by atoms with van der Waals surface area (Å²) in [5.74, 6) is 0.143. The number of hydrogen-bond donors (Lipinski definition) is 2. The fourth-order valence-electron chi connectivity index (χ4n) is 2.01. The van der Waals surface area contributed by atoms with Gasteiger partial charge in [0.05, 0.1) is 11.9 Å². The smallest absolute Gasteiger partial charge is 0.172 e. The number of hydrogen-bond acceptors (Lipinski definition) is 4. The normalized spacial score (nSPS) is 15.9. The van der Waals surface area contributed by atoms with Crippen LogP contribution in [-0.2, 0) is 0 Å². The molecule has 92 valence electrons. The molecule has 0 aliphatic heterocycles. The molecule has 0 bridgehead atoms. The van der Waals surface area contributed by atoms with Crippen molar-refractivity contribution in [1.82, 2.24) is 4.98 Å². The van der Waals surface area contributed by atoms with E-state index in [9.17, 15) is 0 Å². The summed E-state index contributed by atoms with van der Waals surface area (Å²) in [5, 5.41) is 11.9. The lowest BCUT2D eigenvalue weighted by atomic mass is 10.2. The molecule has 0 unspecified atom stereocenters. The minimum Gasteiger partial charge on any atom is -0.409 e. The van der Waals surface area contributed by atoms with Crippen LogP contribution in [0, 0.1) is 0 Å². The van der Waals surface area contributed by atoms with Gasteiger partial charge in [-0.3, -0.25) is 4.98 Å². The Kier molecular flexibility index (Phi) is 3.46. The van der Waals surface area contributed by atoms with Crippen molar-refractivity contribution in [3.05, 3.63) is 24.0 Å². The maximum absolute atomic E-state index is 8.80. The van der Waals surface area contributed by atoms with E-state index in [0.29, 0.717) is 6.04 Å². The van der Waals surface area contributed by atoms with E-state index < -0.39 is 0 Å². The number of nitrogens with two attached hydrogens (primary N) is 1. The predicted octanol–water partition coefficient (Wildman–Crippen LogP) is 1.55. The van der Waals surface area contributed by atoms with Crippen LogP contribution in [0.5, 0.6) is 0 Å². The topological polar surface area (TPSA) is 74.7 Å². The van der Waals surface area contributed by atoms with Crippen LogP contribution in [0.4, 0.5) is 5.69 Å². The van der Waals surface area contributed by atoms with E-state index in [1.807, 2.05) is 0 Å². The number of aromatic nitrogens is 1. The summed E-state index contributed by atoms with van der Waals surface area (Å²) in [5.41, 5.74) is 7.41. The average molecular weight is 234 g/mol. The van der Waals surface area contributed by atoms with Crippen molar-refractivity contribution in [1.29, 1.82) is 0 Å². The van der Waals surface area contributed by atoms with Gasteiger partial charge in [0.15, 0.2) is 5.84 Å². The summed E-state index contributed by atoms with van der Waals surface area (Å²) in [6.45, 7) is 3.12. The number of anilines is 1. The molecule has 0 atom stereocenters. The molecule has 1 heterocycles. The zero-order valence-electron chi connectivity index (χ0n) is 10.0. The highest BCUT2D eigenvalue weighted by Gasteiger charge is 2.30. The zero-order chi connectivity index (χ0) is 12.3. The first-order valence-corrected chi connectivity index (χ1v) is 5.96. The second kappa shape index (κ2) is 5.03. The quantitative estimate of drug-likeness (QED) is 0.351. The Labute approximate surface area is 101 Å². The summed E-state index contributed by atoms with van der Waals surface area (Å²) < 4.78 is 0. The van der Waals surface area contributed by atoms with Gasteiger partial charge >= 0.3 is 0 Å². The molecule has 5 heteroatoms. The molecule has 0 spiro atoms. The van der Waals surface area contributed by atoms with Crippen LogP contribution in [0.2, 0.25) is 0 Å². The molecule has 1 aliphatic carbocycles. The lowest BCUT2D eigenvalue weighted by molar-refractivity contribution is 0.318. The molecule has 0 saturated heterocycles. The summed E-state index contributed by atoms with van der Waals surface area (Å²) >= 11 is 0. The van der Waals surface area contributed by atoms with Crippen molar-refractivity contribution >= 4 is 11.5 Å². The fourth-order valence-corrected chi connectivity index (χ4v) is 2.01. The van der Waals surface area contributed by atoms with Gasteiger partial charge in [0, 0.05) is 24.3 Å². The molecule has 1 aliphatic rings. The Morgan fingerprint density at radius 2 is 2.41 bits per heavy atom. The molecule has 3 N–H and O–H groups in total. The molecule has 5 nitrogen and oxygen atoms in total. The first-order valence-electron chi connectivity index (χ1n) is 5.96. The minimum atomic E-state index is 0.143. The molecule has 0 aromatic carbocycles. The second-order valence-electron chi connectivity index (χ2n) is 4.30. The van der Waals surface area contributed by atoms with E-state index >= 15 is 0 Å². The van der Waals surface area contributed by atoms with Crippen LogP contribution >= 0.6 is 0 Å². The molecule has 1 aromatic rings. The molecular formula is C12H18N4O. The molecule has 0 radical (unpaired) electrons. The highest BCUT2D eigenvalue weighted by atomic mass is 16.4. The van der Waals surface area contributed by atoms with Crippen molar-refractivity contribution in [2.24, 2.45) is 10.9 Å². The van der Waals surface area contributed by atoms with Crippen LogP contribution in [0.25, 0.3) is 0 Å². The van der Waals surface area contributed by atoms with Crippen LogP contribution in [0.3, 0.4) is 0 Å². The van der Waals surface area contributed by atoms with Gasteiger partial charge in [0.2, 0.25) is 0 Å². The van der Waals surface area contributed by atoms with E-state index in [4.69, 9.17) is 10.9 Å². The van der Waals surface area contributed by atoms with Gasteiger partial charge in [-0.15, -0.1) is 0 Å². The average Bonchev–Trinajstić information content (AvgIpc) is 3.19. The van der Waals surface area contributed by atoms with Crippen LogP contribution in [0.15, 0.2) is 23.6 Å². The third-order valence-corrected chi connectivity index (χ3v) is 2.95. The van der Waals surface area contributed by atoms with Gasteiger partial charge in [-0.2, -0.15) is 0 Å². The number of oxime groups is 1. The molecule has 2 rings (SSSR count). The van der Waals surface area contributed by atoms with Gasteiger partial charge in [0.25, 0.3) is 0 Å². The van der Waals surface area contributed by atoms with Gasteiger partial charge in [0.1, 0.15) is 0 Å². The SMILES string of the molecule is CCCN(c1cnccc1/C(N)=N/O)C1CC1. The fraction of sp³-hybridized carbons (Fsp3) is 0.500. The summed E-state index contributed by atoms with van der Waals surface area (Å²) in [7, 11) is 0. The molecule has 1 saturated carbocycles. The summed E-state index contributed by atoms with van der Waals surface area (Å²) in [6.07, 6.45) is 6.95. The van der Waals surface area contributed by atoms with Gasteiger partial charge in [-0.1, -0.05) is 12.1 Å². The standard InChI is InChI=1S/C12H18N4O/c1-2-7-16(9-3-4-9)11-8-14-6-5-10(11)12(13)15-17/h5-6,8-9,17H,2-4,7H2,1H3,(H2,13,15). The van der Waals surface area contributed by atoms with Crippen molar-refractivity contribution in [3.63, 3.8) is 0 Å². The largest absolute Gasteiger partial charge is 0.409 e. The molecule has 1 aromatic heterocycles. The number of nitrogens with zero attached hydrogens (tertiary/aromatic N) is 3. The molecule has 0 amide bonds. The van der Waals surface area contributed by atoms with Crippen LogP contribution in [-0.4, -0.2) is 28.6 Å². The van der Waals surface area contributed by atoms with Crippen molar-refractivity contribution in [3.8, 4) is 0 Å². The number of amidine groups is 1. The van der Waals surface area contributed by atoms with Crippen molar-refractivity contribution < 1.29 is 5.21 Å². The van der Waals surface area contributed by atoms with E-state index in [-0.39, 0.29) is 5.84 Å². The number of rotatable bonds is 5. The molecular weight excluding hydrogens is 216 g/mol. The number of pyridine rings is 1. The summed E-state index contributed by atoms with van der Waals surface area (Å²) in [6, 6.07) is 2.37. The Bertz CT molecular complexity index is 415. The Hall–Kier alpha value is -1.78. The Morgan fingerprint density at radius 3 is 3.00 bits per heavy atom. The Morgan fingerprint density at radius 1 is 1.65 bits per heavy atom. The first kappa shape index (κ1) is 11.7. The maximum Gasteiger partial charge on any atom is 0.172 e. The van der Waals surface area contributed by atoms with E-state index in [2.05, 4.69) is 22.0 Å². The first-order chi connectivity index (χ1) is 8.27. The van der Waals surface area contributed by atoms with Crippen LogP contribution in [0.1, 0.15) is 31.7 Å². The van der Waals surface area contributed by atoms with Crippen molar-refractivity contribution in [2.75, 3.05) is 11.4 Å². The zero-order valence-corrected chi connectivity index (χ0v) is 10.0. The van der Waals surface area contributed by atoms with Crippen LogP contribution < -0.4 is 10.6 Å². The highest BCUT2D eigenvalue weighted by Crippen LogP contribution is 2.33. The lowest BCUT2D eigenvalue weighted by Crippen LogP contribution is -2.29. The lowest BCUT2D eigenvalue weighted by Gasteiger charge is -2.25. The third kappa shape index (κ3) is 2.49. The minimum absolute atomic E-state index is 0.143. The summed E-state index contributed by atoms with van der Waals surface area (Å²) in [4.78, 5) is 6.45. The van der Waals surface area contributed by atoms with E-state index in [1.54, 1.807) is 18.5 Å². The van der Waals surface area contributed by atoms with Gasteiger partial charge in [-0.25, -0.2) is 0 Å². The predicted molar refractivity (Wildman–Crippen MR) is 67.4 cm³/mol. The van der Waals surface area contributed by atoms with E-state index in [0.717, 1.165) is 24.2 Å². The van der Waals surface area contributed by atoms with Gasteiger partial charge in [-0.05, 0) is 25.3 Å². The third-order valence-electron chi connectivity index (χ3n) is 2.95. The Balaban J connectivity index is 2.34. The second-order valence-corrected chi connectivity index (χ2v) is 4.30. The maximum atomic E-state index is 8.80. The molecule has 17 heavy (non-hydrogen) atoms. The van der Waals surface area contributed by atoms with Crippen molar-refractivity contribution in [2.45, 2.75) is 32.2 Å².